The van der Waals surface area contributed by atoms with E-state index in [0.29, 0.717) is 25.6 Å². The number of ether oxygens (including phenoxy) is 1. The van der Waals surface area contributed by atoms with E-state index in [4.69, 9.17) is 4.74 Å². The van der Waals surface area contributed by atoms with E-state index in [-0.39, 0.29) is 0 Å². The maximum atomic E-state index is 11.3. The summed E-state index contributed by atoms with van der Waals surface area (Å²) in [4.78, 5) is 13.5. The Kier molecular flexibility index (Phi) is 7.39. The predicted octanol–water partition coefficient (Wildman–Crippen LogP) is 2.23. The van der Waals surface area contributed by atoms with Crippen molar-refractivity contribution < 1.29 is 14.6 Å². The lowest BCUT2D eigenvalue weighted by Crippen LogP contribution is -2.45. The molecule has 0 saturated heterocycles. The zero-order valence-corrected chi connectivity index (χ0v) is 11.8. The van der Waals surface area contributed by atoms with Gasteiger partial charge in [-0.15, -0.1) is 0 Å². The van der Waals surface area contributed by atoms with Crippen LogP contribution in [0.3, 0.4) is 0 Å². The molecule has 0 aromatic heterocycles. The summed E-state index contributed by atoms with van der Waals surface area (Å²) in [5, 5.41) is 9.30. The monoisotopic (exact) mass is 245 g/mol. The second-order valence-electron chi connectivity index (χ2n) is 4.94. The summed E-state index contributed by atoms with van der Waals surface area (Å²) in [6.45, 7) is 10.0. The number of hydrogen-bond acceptors (Lipinski definition) is 3. The van der Waals surface area contributed by atoms with E-state index in [9.17, 15) is 9.90 Å². The summed E-state index contributed by atoms with van der Waals surface area (Å²) in [7, 11) is 1.67. The average molecular weight is 245 g/mol. The molecule has 0 aliphatic heterocycles. The molecule has 0 saturated carbocycles. The molecule has 0 aliphatic rings. The molecular formula is C13H27NO3. The van der Waals surface area contributed by atoms with Crippen molar-refractivity contribution in [2.75, 3.05) is 26.8 Å². The minimum Gasteiger partial charge on any atom is -0.481 e. The smallest absolute Gasteiger partial charge is 0.310 e. The van der Waals surface area contributed by atoms with E-state index < -0.39 is 11.4 Å². The Labute approximate surface area is 105 Å². The van der Waals surface area contributed by atoms with Gasteiger partial charge in [-0.25, -0.2) is 0 Å². The van der Waals surface area contributed by atoms with Crippen molar-refractivity contribution >= 4 is 5.97 Å². The van der Waals surface area contributed by atoms with Crippen LogP contribution in [-0.4, -0.2) is 48.8 Å². The number of nitrogens with zero attached hydrogens (tertiary/aromatic N) is 1. The quantitative estimate of drug-likeness (QED) is 0.677. The molecule has 2 atom stereocenters. The summed E-state index contributed by atoms with van der Waals surface area (Å²) in [6.07, 6.45) is 1.66. The van der Waals surface area contributed by atoms with E-state index in [1.165, 1.54) is 0 Å². The lowest BCUT2D eigenvalue weighted by Gasteiger charge is -2.35. The molecular weight excluding hydrogens is 218 g/mol. The number of aliphatic carboxylic acids is 1. The molecule has 0 rings (SSSR count). The van der Waals surface area contributed by atoms with Crippen LogP contribution in [0.4, 0.5) is 0 Å². The summed E-state index contributed by atoms with van der Waals surface area (Å²) < 4.78 is 5.09. The first kappa shape index (κ1) is 16.4. The van der Waals surface area contributed by atoms with Gasteiger partial charge in [0.2, 0.25) is 0 Å². The topological polar surface area (TPSA) is 49.8 Å². The molecule has 2 unspecified atom stereocenters. The van der Waals surface area contributed by atoms with E-state index >= 15 is 0 Å². The van der Waals surface area contributed by atoms with Gasteiger partial charge in [-0.1, -0.05) is 13.8 Å². The highest BCUT2D eigenvalue weighted by Crippen LogP contribution is 2.24. The predicted molar refractivity (Wildman–Crippen MR) is 69.2 cm³/mol. The van der Waals surface area contributed by atoms with Crippen molar-refractivity contribution in [3.05, 3.63) is 0 Å². The summed E-state index contributed by atoms with van der Waals surface area (Å²) in [5.74, 6) is -0.717. The van der Waals surface area contributed by atoms with Crippen LogP contribution in [0.2, 0.25) is 0 Å². The van der Waals surface area contributed by atoms with Gasteiger partial charge in [0.25, 0.3) is 0 Å². The number of carboxylic acid groups (broad SMARTS) is 1. The van der Waals surface area contributed by atoms with Crippen molar-refractivity contribution in [1.82, 2.24) is 4.90 Å². The Morgan fingerprint density at radius 1 is 1.47 bits per heavy atom. The van der Waals surface area contributed by atoms with Crippen molar-refractivity contribution in [2.45, 2.75) is 46.6 Å². The van der Waals surface area contributed by atoms with E-state index in [1.807, 2.05) is 13.8 Å². The molecule has 0 aliphatic carbocycles. The number of methoxy groups -OCH3 is 1. The van der Waals surface area contributed by atoms with Crippen LogP contribution < -0.4 is 0 Å². The second kappa shape index (κ2) is 7.67. The fraction of sp³-hybridized carbons (Fsp3) is 0.923. The van der Waals surface area contributed by atoms with Gasteiger partial charge in [-0.05, 0) is 26.7 Å². The van der Waals surface area contributed by atoms with Gasteiger partial charge < -0.3 is 9.84 Å². The molecule has 0 aromatic rings. The Bertz CT molecular complexity index is 233. The minimum absolute atomic E-state index is 0.385. The first-order valence-electron chi connectivity index (χ1n) is 6.37. The van der Waals surface area contributed by atoms with Crippen LogP contribution in [0.5, 0.6) is 0 Å². The van der Waals surface area contributed by atoms with Crippen LogP contribution in [0.15, 0.2) is 0 Å². The molecule has 0 bridgehead atoms. The fourth-order valence-electron chi connectivity index (χ4n) is 1.70. The summed E-state index contributed by atoms with van der Waals surface area (Å²) in [6, 6.07) is 0.385. The Morgan fingerprint density at radius 2 is 2.06 bits per heavy atom. The highest BCUT2D eigenvalue weighted by Gasteiger charge is 2.34. The number of carbonyl (C=O) groups is 1. The van der Waals surface area contributed by atoms with Gasteiger partial charge in [0, 0.05) is 26.2 Å². The van der Waals surface area contributed by atoms with Gasteiger partial charge in [-0.3, -0.25) is 9.69 Å². The molecule has 0 aromatic carbocycles. The van der Waals surface area contributed by atoms with Gasteiger partial charge in [-0.2, -0.15) is 0 Å². The summed E-state index contributed by atoms with van der Waals surface area (Å²) >= 11 is 0. The maximum Gasteiger partial charge on any atom is 0.310 e. The zero-order chi connectivity index (χ0) is 13.5. The Hall–Kier alpha value is -0.610. The third-order valence-corrected chi connectivity index (χ3v) is 3.65. The largest absolute Gasteiger partial charge is 0.481 e. The van der Waals surface area contributed by atoms with Crippen molar-refractivity contribution in [1.29, 1.82) is 0 Å². The zero-order valence-electron chi connectivity index (χ0n) is 11.8. The first-order valence-corrected chi connectivity index (χ1v) is 6.37. The molecule has 1 N–H and O–H groups in total. The number of rotatable bonds is 9. The number of hydrogen-bond donors (Lipinski definition) is 1. The standard InChI is InChI=1S/C13H27NO3/c1-6-11(3)14(8-9-17-5)10-13(4,7-2)12(15)16/h11H,6-10H2,1-5H3,(H,15,16). The van der Waals surface area contributed by atoms with Gasteiger partial charge in [0.1, 0.15) is 0 Å². The van der Waals surface area contributed by atoms with Crippen LogP contribution in [0.1, 0.15) is 40.5 Å². The molecule has 0 amide bonds. The SMILES string of the molecule is CCC(C)N(CCOC)CC(C)(CC)C(=O)O. The molecule has 17 heavy (non-hydrogen) atoms. The first-order chi connectivity index (χ1) is 7.91. The molecule has 102 valence electrons. The Balaban J connectivity index is 4.64. The minimum atomic E-state index is -0.717. The lowest BCUT2D eigenvalue weighted by molar-refractivity contribution is -0.149. The maximum absolute atomic E-state index is 11.3. The van der Waals surface area contributed by atoms with E-state index in [0.717, 1.165) is 13.0 Å². The lowest BCUT2D eigenvalue weighted by atomic mass is 9.86. The highest BCUT2D eigenvalue weighted by molar-refractivity contribution is 5.74. The molecule has 0 heterocycles. The van der Waals surface area contributed by atoms with Crippen LogP contribution >= 0.6 is 0 Å². The van der Waals surface area contributed by atoms with E-state index in [1.54, 1.807) is 7.11 Å². The third-order valence-electron chi connectivity index (χ3n) is 3.65. The normalized spacial score (nSPS) is 16.8. The molecule has 4 nitrogen and oxygen atoms in total. The fourth-order valence-corrected chi connectivity index (χ4v) is 1.70. The molecule has 4 heteroatoms. The van der Waals surface area contributed by atoms with Gasteiger partial charge in [0.05, 0.1) is 12.0 Å². The van der Waals surface area contributed by atoms with Gasteiger partial charge in [0.15, 0.2) is 0 Å². The van der Waals surface area contributed by atoms with E-state index in [2.05, 4.69) is 18.7 Å². The second-order valence-corrected chi connectivity index (χ2v) is 4.94. The highest BCUT2D eigenvalue weighted by atomic mass is 16.5. The molecule has 0 spiro atoms. The van der Waals surface area contributed by atoms with Gasteiger partial charge >= 0.3 is 5.97 Å². The van der Waals surface area contributed by atoms with Crippen LogP contribution in [0.25, 0.3) is 0 Å². The Morgan fingerprint density at radius 3 is 2.41 bits per heavy atom. The van der Waals surface area contributed by atoms with Crippen LogP contribution in [0, 0.1) is 5.41 Å². The summed E-state index contributed by atoms with van der Waals surface area (Å²) in [5.41, 5.74) is -0.669. The van der Waals surface area contributed by atoms with Crippen LogP contribution in [-0.2, 0) is 9.53 Å². The average Bonchev–Trinajstić information content (AvgIpc) is 2.32. The molecule has 0 radical (unpaired) electrons. The van der Waals surface area contributed by atoms with Crippen molar-refractivity contribution in [3.8, 4) is 0 Å². The number of carboxylic acids is 1. The van der Waals surface area contributed by atoms with Crippen molar-refractivity contribution in [2.24, 2.45) is 5.41 Å². The third kappa shape index (κ3) is 5.04. The molecule has 0 fully saturated rings. The van der Waals surface area contributed by atoms with Crippen molar-refractivity contribution in [3.63, 3.8) is 0 Å².